The fourth-order valence-electron chi connectivity index (χ4n) is 2.17. The highest BCUT2D eigenvalue weighted by Crippen LogP contribution is 2.20. The van der Waals surface area contributed by atoms with Crippen LogP contribution in [0.15, 0.2) is 6.20 Å². The Kier molecular flexibility index (Phi) is 6.95. The van der Waals surface area contributed by atoms with Gasteiger partial charge in [0.1, 0.15) is 11.7 Å². The molecule has 0 saturated heterocycles. The summed E-state index contributed by atoms with van der Waals surface area (Å²) in [6.07, 6.45) is 2.60. The molecule has 0 aliphatic carbocycles. The number of nitrogens with zero attached hydrogens (tertiary/aromatic N) is 2. The summed E-state index contributed by atoms with van der Waals surface area (Å²) in [6.45, 7) is 12.1. The standard InChI is InChI=1S/C17H32N6O/c1-7-11(8-13(24)10(2)3)21-15-12(14(18)19)9-20-16(22-15)23-17(4,5)6/h9-11,13,24H,7-8H2,1-6H3,(H3,18,19)(H2,20,21,22,23)/t11-,13-/m1/s1. The van der Waals surface area contributed by atoms with E-state index in [-0.39, 0.29) is 23.3 Å². The number of aliphatic hydroxyl groups is 1. The molecule has 0 amide bonds. The van der Waals surface area contributed by atoms with E-state index in [0.29, 0.717) is 23.8 Å². The summed E-state index contributed by atoms with van der Waals surface area (Å²) in [4.78, 5) is 8.72. The van der Waals surface area contributed by atoms with Gasteiger partial charge in [0.2, 0.25) is 5.95 Å². The Morgan fingerprint density at radius 3 is 2.46 bits per heavy atom. The van der Waals surface area contributed by atoms with Gasteiger partial charge >= 0.3 is 0 Å². The number of aliphatic hydroxyl groups excluding tert-OH is 1. The Hall–Kier alpha value is -1.89. The number of aromatic nitrogens is 2. The third kappa shape index (κ3) is 6.31. The summed E-state index contributed by atoms with van der Waals surface area (Å²) in [5.41, 5.74) is 5.94. The maximum Gasteiger partial charge on any atom is 0.225 e. The van der Waals surface area contributed by atoms with Crippen LogP contribution in [0.2, 0.25) is 0 Å². The van der Waals surface area contributed by atoms with Crippen molar-refractivity contribution >= 4 is 17.6 Å². The molecule has 0 aliphatic heterocycles. The Morgan fingerprint density at radius 1 is 1.38 bits per heavy atom. The lowest BCUT2D eigenvalue weighted by Gasteiger charge is -2.25. The van der Waals surface area contributed by atoms with Crippen LogP contribution < -0.4 is 16.4 Å². The summed E-state index contributed by atoms with van der Waals surface area (Å²) >= 11 is 0. The molecule has 0 aromatic carbocycles. The third-order valence-corrected chi connectivity index (χ3v) is 3.69. The molecule has 24 heavy (non-hydrogen) atoms. The SMILES string of the molecule is CC[C@H](C[C@@H](O)C(C)C)Nc1nc(NC(C)(C)C)ncc1C(=N)N. The Morgan fingerprint density at radius 2 is 2.00 bits per heavy atom. The topological polar surface area (TPSA) is 120 Å². The van der Waals surface area contributed by atoms with Crippen LogP contribution in [0.1, 0.15) is 59.9 Å². The molecule has 7 nitrogen and oxygen atoms in total. The van der Waals surface area contributed by atoms with E-state index in [1.807, 2.05) is 41.5 Å². The minimum Gasteiger partial charge on any atom is -0.393 e. The number of hydrogen-bond acceptors (Lipinski definition) is 6. The van der Waals surface area contributed by atoms with Gasteiger partial charge in [-0.3, -0.25) is 5.41 Å². The molecule has 1 heterocycles. The van der Waals surface area contributed by atoms with Crippen molar-refractivity contribution in [1.29, 1.82) is 5.41 Å². The van der Waals surface area contributed by atoms with Crippen LogP contribution in [0.3, 0.4) is 0 Å². The van der Waals surface area contributed by atoms with Crippen LogP contribution >= 0.6 is 0 Å². The van der Waals surface area contributed by atoms with E-state index in [9.17, 15) is 5.11 Å². The summed E-state index contributed by atoms with van der Waals surface area (Å²) in [5.74, 6) is 1.11. The normalized spacial score (nSPS) is 14.3. The van der Waals surface area contributed by atoms with Crippen molar-refractivity contribution in [2.45, 2.75) is 72.1 Å². The second-order valence-corrected chi connectivity index (χ2v) is 7.54. The molecular formula is C17H32N6O. The Bertz CT molecular complexity index is 553. The molecule has 7 heteroatoms. The van der Waals surface area contributed by atoms with Gasteiger partial charge in [-0.2, -0.15) is 4.98 Å². The minimum absolute atomic E-state index is 0.0397. The summed E-state index contributed by atoms with van der Waals surface area (Å²) in [6, 6.07) is 0.0397. The first-order valence-electron chi connectivity index (χ1n) is 8.47. The zero-order chi connectivity index (χ0) is 18.5. The largest absolute Gasteiger partial charge is 0.393 e. The highest BCUT2D eigenvalue weighted by molar-refractivity contribution is 5.99. The van der Waals surface area contributed by atoms with Crippen molar-refractivity contribution in [3.63, 3.8) is 0 Å². The van der Waals surface area contributed by atoms with Crippen LogP contribution in [-0.2, 0) is 0 Å². The zero-order valence-corrected chi connectivity index (χ0v) is 15.6. The van der Waals surface area contributed by atoms with E-state index >= 15 is 0 Å². The van der Waals surface area contributed by atoms with Crippen LogP contribution in [0.5, 0.6) is 0 Å². The number of anilines is 2. The molecule has 1 aromatic heterocycles. The second-order valence-electron chi connectivity index (χ2n) is 7.54. The average molecular weight is 336 g/mol. The van der Waals surface area contributed by atoms with Gasteiger partial charge in [-0.25, -0.2) is 4.98 Å². The van der Waals surface area contributed by atoms with E-state index in [4.69, 9.17) is 11.1 Å². The lowest BCUT2D eigenvalue weighted by Crippen LogP contribution is -2.31. The molecular weight excluding hydrogens is 304 g/mol. The summed E-state index contributed by atoms with van der Waals surface area (Å²) in [7, 11) is 0. The number of amidine groups is 1. The zero-order valence-electron chi connectivity index (χ0n) is 15.6. The number of nitrogens with two attached hydrogens (primary N) is 1. The molecule has 136 valence electrons. The predicted molar refractivity (Wildman–Crippen MR) is 99.6 cm³/mol. The molecule has 0 aliphatic rings. The Labute approximate surface area is 145 Å². The molecule has 1 rings (SSSR count). The highest BCUT2D eigenvalue weighted by atomic mass is 16.3. The van der Waals surface area contributed by atoms with Crippen LogP contribution in [-0.4, -0.2) is 38.6 Å². The first kappa shape index (κ1) is 20.2. The van der Waals surface area contributed by atoms with Crippen molar-refractivity contribution < 1.29 is 5.11 Å². The second kappa shape index (κ2) is 8.28. The van der Waals surface area contributed by atoms with Crippen molar-refractivity contribution in [2.75, 3.05) is 10.6 Å². The van der Waals surface area contributed by atoms with E-state index < -0.39 is 6.10 Å². The average Bonchev–Trinajstić information content (AvgIpc) is 2.44. The highest BCUT2D eigenvalue weighted by Gasteiger charge is 2.20. The monoisotopic (exact) mass is 336 g/mol. The van der Waals surface area contributed by atoms with Gasteiger partial charge in [-0.1, -0.05) is 20.8 Å². The van der Waals surface area contributed by atoms with Crippen molar-refractivity contribution in [3.05, 3.63) is 11.8 Å². The third-order valence-electron chi connectivity index (χ3n) is 3.69. The molecule has 0 radical (unpaired) electrons. The van der Waals surface area contributed by atoms with Gasteiger partial charge in [-0.15, -0.1) is 0 Å². The smallest absolute Gasteiger partial charge is 0.225 e. The fraction of sp³-hybridized carbons (Fsp3) is 0.706. The number of rotatable bonds is 8. The Balaban J connectivity index is 3.04. The molecule has 6 N–H and O–H groups in total. The van der Waals surface area contributed by atoms with E-state index in [1.165, 1.54) is 0 Å². The molecule has 2 atom stereocenters. The van der Waals surface area contributed by atoms with Gasteiger partial charge in [0, 0.05) is 17.8 Å². The van der Waals surface area contributed by atoms with Crippen LogP contribution in [0.25, 0.3) is 0 Å². The van der Waals surface area contributed by atoms with Crippen molar-refractivity contribution in [3.8, 4) is 0 Å². The molecule has 0 unspecified atom stereocenters. The fourth-order valence-corrected chi connectivity index (χ4v) is 2.17. The first-order chi connectivity index (χ1) is 11.0. The van der Waals surface area contributed by atoms with E-state index in [0.717, 1.165) is 6.42 Å². The van der Waals surface area contributed by atoms with Crippen LogP contribution in [0, 0.1) is 11.3 Å². The predicted octanol–water partition coefficient (Wildman–Crippen LogP) is 2.57. The lowest BCUT2D eigenvalue weighted by atomic mass is 9.98. The van der Waals surface area contributed by atoms with Crippen LogP contribution in [0.4, 0.5) is 11.8 Å². The molecule has 0 bridgehead atoms. The van der Waals surface area contributed by atoms with Gasteiger partial charge in [0.25, 0.3) is 0 Å². The van der Waals surface area contributed by atoms with Crippen molar-refractivity contribution in [1.82, 2.24) is 9.97 Å². The molecule has 0 saturated carbocycles. The molecule has 1 aromatic rings. The maximum absolute atomic E-state index is 10.1. The summed E-state index contributed by atoms with van der Waals surface area (Å²) in [5, 5.41) is 24.4. The first-order valence-corrected chi connectivity index (χ1v) is 8.47. The number of hydrogen-bond donors (Lipinski definition) is 5. The van der Waals surface area contributed by atoms with Gasteiger partial charge in [-0.05, 0) is 39.5 Å². The van der Waals surface area contributed by atoms with E-state index in [1.54, 1.807) is 6.20 Å². The van der Waals surface area contributed by atoms with Gasteiger partial charge < -0.3 is 21.5 Å². The lowest BCUT2D eigenvalue weighted by molar-refractivity contribution is 0.110. The van der Waals surface area contributed by atoms with Crippen molar-refractivity contribution in [2.24, 2.45) is 11.7 Å². The maximum atomic E-state index is 10.1. The molecule has 0 spiro atoms. The quantitative estimate of drug-likeness (QED) is 0.367. The molecule has 0 fully saturated rings. The van der Waals surface area contributed by atoms with Gasteiger partial charge in [0.15, 0.2) is 0 Å². The van der Waals surface area contributed by atoms with E-state index in [2.05, 4.69) is 20.6 Å². The summed E-state index contributed by atoms with van der Waals surface area (Å²) < 4.78 is 0. The van der Waals surface area contributed by atoms with Gasteiger partial charge in [0.05, 0.1) is 11.7 Å². The number of nitrogen functional groups attached to an aromatic ring is 1. The minimum atomic E-state index is -0.391. The number of nitrogens with one attached hydrogen (secondary N) is 3.